The Kier molecular flexibility index (Phi) is 9.53. The third kappa shape index (κ3) is 7.02. The number of carbonyl (C=O) groups is 1. The third-order valence-electron chi connectivity index (χ3n) is 4.03. The Labute approximate surface area is 195 Å². The van der Waals surface area contributed by atoms with E-state index in [9.17, 15) is 4.79 Å². The van der Waals surface area contributed by atoms with Crippen LogP contribution in [0, 0.1) is 0 Å². The lowest BCUT2D eigenvalue weighted by atomic mass is 10.3. The summed E-state index contributed by atoms with van der Waals surface area (Å²) in [5, 5.41) is 2.08. The molecule has 0 bridgehead atoms. The van der Waals surface area contributed by atoms with Crippen LogP contribution in [0.15, 0.2) is 47.4 Å². The van der Waals surface area contributed by atoms with E-state index in [0.29, 0.717) is 22.3 Å². The molecule has 0 fully saturated rings. The van der Waals surface area contributed by atoms with Gasteiger partial charge < -0.3 is 4.90 Å². The van der Waals surface area contributed by atoms with Gasteiger partial charge in [-0.15, -0.1) is 24.2 Å². The monoisotopic (exact) mass is 489 g/mol. The number of fused-ring (bicyclic) bond motifs is 1. The zero-order valence-corrected chi connectivity index (χ0v) is 20.1. The lowest BCUT2D eigenvalue weighted by molar-refractivity contribution is -0.116. The fourth-order valence-corrected chi connectivity index (χ4v) is 4.81. The van der Waals surface area contributed by atoms with Crippen LogP contribution in [0.25, 0.3) is 10.2 Å². The lowest BCUT2D eigenvalue weighted by Gasteiger charge is -2.21. The van der Waals surface area contributed by atoms with E-state index in [-0.39, 0.29) is 18.3 Å². The largest absolute Gasteiger partial charge is 0.309 e. The number of thiazole rings is 1. The first-order valence-electron chi connectivity index (χ1n) is 8.82. The second-order valence-electron chi connectivity index (χ2n) is 6.55. The minimum atomic E-state index is 0. The molecule has 2 aromatic carbocycles. The molecule has 156 valence electrons. The highest BCUT2D eigenvalue weighted by Gasteiger charge is 2.20. The SMILES string of the molecule is CN(C)CCCN(C(=O)CSc1ccc(Cl)cc1)c1nc2ccc(Cl)cc2s1.Cl. The standard InChI is InChI=1S/C20H21Cl2N3OS2.ClH/c1-24(2)10-3-11-25(19(26)13-27-16-7-4-14(21)5-8-16)20-23-17-9-6-15(22)12-18(17)28-20;/h4-9,12H,3,10-11,13H2,1-2H3;1H. The third-order valence-corrected chi connectivity index (χ3v) is 6.56. The van der Waals surface area contributed by atoms with Crippen LogP contribution in [-0.2, 0) is 4.79 Å². The first kappa shape index (κ1) is 24.3. The van der Waals surface area contributed by atoms with Crippen molar-refractivity contribution in [2.75, 3.05) is 37.8 Å². The summed E-state index contributed by atoms with van der Waals surface area (Å²) < 4.78 is 0.985. The first-order valence-corrected chi connectivity index (χ1v) is 11.4. The van der Waals surface area contributed by atoms with Gasteiger partial charge in [-0.1, -0.05) is 34.5 Å². The molecule has 1 aromatic heterocycles. The number of benzene rings is 2. The molecule has 3 aromatic rings. The highest BCUT2D eigenvalue weighted by atomic mass is 35.5. The van der Waals surface area contributed by atoms with Gasteiger partial charge in [0.25, 0.3) is 0 Å². The molecule has 0 aliphatic carbocycles. The molecule has 0 aliphatic rings. The number of hydrogen-bond donors (Lipinski definition) is 0. The second-order valence-corrected chi connectivity index (χ2v) is 9.48. The summed E-state index contributed by atoms with van der Waals surface area (Å²) in [6, 6.07) is 13.1. The van der Waals surface area contributed by atoms with Gasteiger partial charge in [0.1, 0.15) is 0 Å². The van der Waals surface area contributed by atoms with E-state index in [0.717, 1.165) is 33.2 Å². The average molecular weight is 491 g/mol. The minimum Gasteiger partial charge on any atom is -0.309 e. The number of amides is 1. The summed E-state index contributed by atoms with van der Waals surface area (Å²) in [5.41, 5.74) is 0.861. The first-order chi connectivity index (χ1) is 13.4. The molecule has 4 nitrogen and oxygen atoms in total. The number of anilines is 1. The Morgan fingerprint density at radius 1 is 1.07 bits per heavy atom. The van der Waals surface area contributed by atoms with Gasteiger partial charge in [-0.2, -0.15) is 0 Å². The number of halogens is 3. The molecule has 0 radical (unpaired) electrons. The van der Waals surface area contributed by atoms with Crippen molar-refractivity contribution < 1.29 is 4.79 Å². The number of rotatable bonds is 8. The number of nitrogens with zero attached hydrogens (tertiary/aromatic N) is 3. The zero-order valence-electron chi connectivity index (χ0n) is 16.1. The quantitative estimate of drug-likeness (QED) is 0.357. The van der Waals surface area contributed by atoms with Crippen molar-refractivity contribution in [1.82, 2.24) is 9.88 Å². The molecule has 0 saturated heterocycles. The van der Waals surface area contributed by atoms with Crippen molar-refractivity contribution in [1.29, 1.82) is 0 Å². The molecule has 3 rings (SSSR count). The average Bonchev–Trinajstić information content (AvgIpc) is 3.07. The van der Waals surface area contributed by atoms with E-state index in [1.165, 1.54) is 23.1 Å². The highest BCUT2D eigenvalue weighted by Crippen LogP contribution is 2.31. The fourth-order valence-electron chi connectivity index (χ4n) is 2.63. The molecule has 0 saturated carbocycles. The summed E-state index contributed by atoms with van der Waals surface area (Å²) >= 11 is 15.0. The molecule has 0 atom stereocenters. The van der Waals surface area contributed by atoms with E-state index < -0.39 is 0 Å². The molecular weight excluding hydrogens is 469 g/mol. The van der Waals surface area contributed by atoms with Gasteiger partial charge in [0, 0.05) is 21.5 Å². The Hall–Kier alpha value is -1.02. The molecule has 9 heteroatoms. The minimum absolute atomic E-state index is 0. The van der Waals surface area contributed by atoms with Gasteiger partial charge >= 0.3 is 0 Å². The Morgan fingerprint density at radius 3 is 2.45 bits per heavy atom. The summed E-state index contributed by atoms with van der Waals surface area (Å²) in [6.45, 7) is 1.54. The summed E-state index contributed by atoms with van der Waals surface area (Å²) in [5.74, 6) is 0.393. The topological polar surface area (TPSA) is 36.4 Å². The molecule has 0 N–H and O–H groups in total. The van der Waals surface area contributed by atoms with Crippen LogP contribution in [0.4, 0.5) is 5.13 Å². The van der Waals surface area contributed by atoms with Crippen LogP contribution >= 0.6 is 58.7 Å². The predicted octanol–water partition coefficient (Wildman–Crippen LogP) is 6.10. The molecule has 0 aliphatic heterocycles. The van der Waals surface area contributed by atoms with Crippen molar-refractivity contribution in [2.24, 2.45) is 0 Å². The van der Waals surface area contributed by atoms with Crippen LogP contribution in [0.2, 0.25) is 10.0 Å². The van der Waals surface area contributed by atoms with E-state index in [1.807, 2.05) is 56.6 Å². The van der Waals surface area contributed by atoms with E-state index >= 15 is 0 Å². The maximum absolute atomic E-state index is 13.0. The molecule has 29 heavy (non-hydrogen) atoms. The van der Waals surface area contributed by atoms with E-state index in [2.05, 4.69) is 9.88 Å². The van der Waals surface area contributed by atoms with E-state index in [4.69, 9.17) is 23.2 Å². The number of aromatic nitrogens is 1. The second kappa shape index (κ2) is 11.4. The van der Waals surface area contributed by atoms with Crippen LogP contribution in [0.3, 0.4) is 0 Å². The fraction of sp³-hybridized carbons (Fsp3) is 0.300. The van der Waals surface area contributed by atoms with Crippen LogP contribution in [0.1, 0.15) is 6.42 Å². The Balaban J connectivity index is 0.00000300. The molecular formula is C20H22Cl3N3OS2. The highest BCUT2D eigenvalue weighted by molar-refractivity contribution is 8.00. The normalized spacial score (nSPS) is 10.9. The van der Waals surface area contributed by atoms with E-state index in [1.54, 1.807) is 4.90 Å². The summed E-state index contributed by atoms with van der Waals surface area (Å²) in [7, 11) is 4.06. The summed E-state index contributed by atoms with van der Waals surface area (Å²) in [6.07, 6.45) is 0.876. The van der Waals surface area contributed by atoms with Crippen LogP contribution < -0.4 is 4.90 Å². The van der Waals surface area contributed by atoms with Crippen molar-refractivity contribution in [3.05, 3.63) is 52.5 Å². The Bertz CT molecular complexity index is 948. The number of thioether (sulfide) groups is 1. The van der Waals surface area contributed by atoms with Gasteiger partial charge in [-0.25, -0.2) is 4.98 Å². The number of hydrogen-bond acceptors (Lipinski definition) is 5. The molecule has 0 unspecified atom stereocenters. The predicted molar refractivity (Wildman–Crippen MR) is 130 cm³/mol. The molecule has 1 amide bonds. The van der Waals surface area contributed by atoms with Gasteiger partial charge in [-0.3, -0.25) is 9.69 Å². The van der Waals surface area contributed by atoms with Crippen LogP contribution in [0.5, 0.6) is 0 Å². The van der Waals surface area contributed by atoms with Crippen molar-refractivity contribution in [2.45, 2.75) is 11.3 Å². The van der Waals surface area contributed by atoms with Gasteiger partial charge in [0.15, 0.2) is 5.13 Å². The molecule has 1 heterocycles. The van der Waals surface area contributed by atoms with Crippen molar-refractivity contribution in [3.8, 4) is 0 Å². The van der Waals surface area contributed by atoms with Gasteiger partial charge in [0.2, 0.25) is 5.91 Å². The van der Waals surface area contributed by atoms with Crippen molar-refractivity contribution >= 4 is 80.0 Å². The maximum atomic E-state index is 13.0. The smallest absolute Gasteiger partial charge is 0.239 e. The number of carbonyl (C=O) groups excluding carboxylic acids is 1. The lowest BCUT2D eigenvalue weighted by Crippen LogP contribution is -2.34. The van der Waals surface area contributed by atoms with Gasteiger partial charge in [-0.05, 0) is 69.5 Å². The van der Waals surface area contributed by atoms with Gasteiger partial charge in [0.05, 0.1) is 16.0 Å². The summed E-state index contributed by atoms with van der Waals surface area (Å²) in [4.78, 5) is 22.6. The Morgan fingerprint density at radius 2 is 1.76 bits per heavy atom. The van der Waals surface area contributed by atoms with Crippen LogP contribution in [-0.4, -0.2) is 48.7 Å². The maximum Gasteiger partial charge on any atom is 0.239 e. The zero-order chi connectivity index (χ0) is 20.1. The van der Waals surface area contributed by atoms with Crippen molar-refractivity contribution in [3.63, 3.8) is 0 Å². The molecule has 0 spiro atoms.